The van der Waals surface area contributed by atoms with Gasteiger partial charge in [0.1, 0.15) is 6.04 Å². The second-order valence-electron chi connectivity index (χ2n) is 6.09. The van der Waals surface area contributed by atoms with Crippen molar-refractivity contribution >= 4 is 11.9 Å². The van der Waals surface area contributed by atoms with Gasteiger partial charge < -0.3 is 15.3 Å². The minimum absolute atomic E-state index is 0.0413. The summed E-state index contributed by atoms with van der Waals surface area (Å²) in [4.78, 5) is 25.9. The van der Waals surface area contributed by atoms with Gasteiger partial charge in [-0.05, 0) is 38.1 Å². The SMILES string of the molecule is CC(C)C1(C(=O)N2CCCC[C@H]2C(=O)O)CCNC1. The van der Waals surface area contributed by atoms with Crippen LogP contribution >= 0.6 is 0 Å². The number of nitrogens with zero attached hydrogens (tertiary/aromatic N) is 1. The number of carbonyl (C=O) groups excluding carboxylic acids is 1. The number of hydrogen-bond acceptors (Lipinski definition) is 3. The molecule has 19 heavy (non-hydrogen) atoms. The minimum atomic E-state index is -0.863. The highest BCUT2D eigenvalue weighted by molar-refractivity contribution is 5.88. The van der Waals surface area contributed by atoms with Crippen LogP contribution in [-0.4, -0.2) is 47.6 Å². The molecule has 5 nitrogen and oxygen atoms in total. The number of carboxylic acid groups (broad SMARTS) is 1. The molecule has 0 bridgehead atoms. The maximum Gasteiger partial charge on any atom is 0.326 e. The van der Waals surface area contributed by atoms with Crippen LogP contribution < -0.4 is 5.32 Å². The fourth-order valence-corrected chi connectivity index (χ4v) is 3.35. The molecule has 2 N–H and O–H groups in total. The number of carboxylic acids is 1. The third-order valence-corrected chi connectivity index (χ3v) is 4.77. The van der Waals surface area contributed by atoms with E-state index in [1.165, 1.54) is 0 Å². The smallest absolute Gasteiger partial charge is 0.326 e. The second-order valence-corrected chi connectivity index (χ2v) is 6.09. The number of rotatable bonds is 3. The maximum atomic E-state index is 12.9. The molecular weight excluding hydrogens is 244 g/mol. The zero-order chi connectivity index (χ0) is 14.0. The Kier molecular flexibility index (Phi) is 4.13. The van der Waals surface area contributed by atoms with Crippen molar-refractivity contribution < 1.29 is 14.7 Å². The van der Waals surface area contributed by atoms with E-state index in [0.717, 1.165) is 25.8 Å². The summed E-state index contributed by atoms with van der Waals surface area (Å²) < 4.78 is 0. The molecule has 0 radical (unpaired) electrons. The number of piperidine rings is 1. The third kappa shape index (κ3) is 2.48. The van der Waals surface area contributed by atoms with E-state index in [2.05, 4.69) is 19.2 Å². The molecule has 0 aromatic rings. The Bertz CT molecular complexity index is 362. The molecule has 2 saturated heterocycles. The molecule has 5 heteroatoms. The van der Waals surface area contributed by atoms with Crippen molar-refractivity contribution in [1.29, 1.82) is 0 Å². The summed E-state index contributed by atoms with van der Waals surface area (Å²) in [7, 11) is 0. The molecule has 2 fully saturated rings. The van der Waals surface area contributed by atoms with Gasteiger partial charge in [0.05, 0.1) is 5.41 Å². The van der Waals surface area contributed by atoms with Gasteiger partial charge in [0.15, 0.2) is 0 Å². The number of hydrogen-bond donors (Lipinski definition) is 2. The molecular formula is C14H24N2O3. The zero-order valence-corrected chi connectivity index (χ0v) is 11.8. The molecule has 0 aromatic heterocycles. The molecule has 108 valence electrons. The first-order chi connectivity index (χ1) is 8.99. The lowest BCUT2D eigenvalue weighted by atomic mass is 9.74. The van der Waals surface area contributed by atoms with Crippen molar-refractivity contribution in [2.75, 3.05) is 19.6 Å². The van der Waals surface area contributed by atoms with E-state index in [-0.39, 0.29) is 11.8 Å². The summed E-state index contributed by atoms with van der Waals surface area (Å²) in [5.41, 5.74) is -0.412. The summed E-state index contributed by atoms with van der Waals surface area (Å²) in [5, 5.41) is 12.6. The Balaban J connectivity index is 2.23. The molecule has 2 atom stereocenters. The highest BCUT2D eigenvalue weighted by Crippen LogP contribution is 2.37. The number of aliphatic carboxylic acids is 1. The van der Waals surface area contributed by atoms with Crippen molar-refractivity contribution in [1.82, 2.24) is 10.2 Å². The van der Waals surface area contributed by atoms with Crippen molar-refractivity contribution in [3.8, 4) is 0 Å². The first-order valence-corrected chi connectivity index (χ1v) is 7.23. The maximum absolute atomic E-state index is 12.9. The highest BCUT2D eigenvalue weighted by atomic mass is 16.4. The van der Waals surface area contributed by atoms with Crippen LogP contribution in [-0.2, 0) is 9.59 Å². The molecule has 0 spiro atoms. The minimum Gasteiger partial charge on any atom is -0.480 e. The van der Waals surface area contributed by atoms with Crippen molar-refractivity contribution in [3.05, 3.63) is 0 Å². The second kappa shape index (κ2) is 5.49. The van der Waals surface area contributed by atoms with Crippen LogP contribution in [0.4, 0.5) is 0 Å². The third-order valence-electron chi connectivity index (χ3n) is 4.77. The van der Waals surface area contributed by atoms with Crippen LogP contribution in [0.15, 0.2) is 0 Å². The molecule has 2 heterocycles. The number of likely N-dealkylation sites (tertiary alicyclic amines) is 1. The quantitative estimate of drug-likeness (QED) is 0.804. The molecule has 2 aliphatic rings. The van der Waals surface area contributed by atoms with E-state index in [4.69, 9.17) is 0 Å². The van der Waals surface area contributed by atoms with Gasteiger partial charge in [0.25, 0.3) is 0 Å². The topological polar surface area (TPSA) is 69.6 Å². The van der Waals surface area contributed by atoms with Gasteiger partial charge in [-0.15, -0.1) is 0 Å². The van der Waals surface area contributed by atoms with Crippen LogP contribution in [0.25, 0.3) is 0 Å². The van der Waals surface area contributed by atoms with E-state index in [1.54, 1.807) is 4.90 Å². The number of nitrogens with one attached hydrogen (secondary N) is 1. The van der Waals surface area contributed by atoms with Gasteiger partial charge in [-0.1, -0.05) is 13.8 Å². The molecule has 2 rings (SSSR count). The van der Waals surface area contributed by atoms with Crippen LogP contribution in [0.2, 0.25) is 0 Å². The largest absolute Gasteiger partial charge is 0.480 e. The summed E-state index contributed by atoms with van der Waals surface area (Å²) in [6.45, 7) is 6.22. The van der Waals surface area contributed by atoms with E-state index >= 15 is 0 Å². The molecule has 0 saturated carbocycles. The fourth-order valence-electron chi connectivity index (χ4n) is 3.35. The Morgan fingerprint density at radius 3 is 2.63 bits per heavy atom. The summed E-state index contributed by atoms with van der Waals surface area (Å²) >= 11 is 0. The van der Waals surface area contributed by atoms with Crippen LogP contribution in [0.1, 0.15) is 39.5 Å². The summed E-state index contributed by atoms with van der Waals surface area (Å²) in [6, 6.07) is -0.627. The van der Waals surface area contributed by atoms with E-state index < -0.39 is 17.4 Å². The monoisotopic (exact) mass is 268 g/mol. The predicted octanol–water partition coefficient (Wildman–Crippen LogP) is 1.09. The van der Waals surface area contributed by atoms with Gasteiger partial charge in [-0.25, -0.2) is 4.79 Å². The molecule has 1 amide bonds. The average Bonchev–Trinajstić information content (AvgIpc) is 2.88. The normalized spacial score (nSPS) is 31.7. The zero-order valence-electron chi connectivity index (χ0n) is 11.8. The van der Waals surface area contributed by atoms with Crippen LogP contribution in [0.3, 0.4) is 0 Å². The van der Waals surface area contributed by atoms with E-state index in [9.17, 15) is 14.7 Å². The Hall–Kier alpha value is -1.10. The standard InChI is InChI=1S/C14H24N2O3/c1-10(2)14(6-7-15-9-14)13(19)16-8-4-3-5-11(16)12(17)18/h10-11,15H,3-9H2,1-2H3,(H,17,18)/t11-,14?/m0/s1. The fraction of sp³-hybridized carbons (Fsp3) is 0.857. The lowest BCUT2D eigenvalue weighted by Gasteiger charge is -2.41. The molecule has 0 aromatic carbocycles. The average molecular weight is 268 g/mol. The van der Waals surface area contributed by atoms with Gasteiger partial charge in [-0.3, -0.25) is 4.79 Å². The van der Waals surface area contributed by atoms with Crippen molar-refractivity contribution in [2.24, 2.45) is 11.3 Å². The van der Waals surface area contributed by atoms with Crippen LogP contribution in [0, 0.1) is 11.3 Å². The van der Waals surface area contributed by atoms with Gasteiger partial charge in [0, 0.05) is 13.1 Å². The van der Waals surface area contributed by atoms with Gasteiger partial charge >= 0.3 is 5.97 Å². The lowest BCUT2D eigenvalue weighted by molar-refractivity contribution is -0.158. The molecule has 2 aliphatic heterocycles. The van der Waals surface area contributed by atoms with Crippen LogP contribution in [0.5, 0.6) is 0 Å². The Labute approximate surface area is 114 Å². The lowest BCUT2D eigenvalue weighted by Crippen LogP contribution is -2.55. The van der Waals surface area contributed by atoms with E-state index in [0.29, 0.717) is 19.5 Å². The van der Waals surface area contributed by atoms with Gasteiger partial charge in [-0.2, -0.15) is 0 Å². The van der Waals surface area contributed by atoms with E-state index in [1.807, 2.05) is 0 Å². The van der Waals surface area contributed by atoms with Gasteiger partial charge in [0.2, 0.25) is 5.91 Å². The molecule has 1 unspecified atom stereocenters. The first-order valence-electron chi connectivity index (χ1n) is 7.23. The highest BCUT2D eigenvalue weighted by Gasteiger charge is 2.48. The van der Waals surface area contributed by atoms with Crippen molar-refractivity contribution in [2.45, 2.75) is 45.6 Å². The predicted molar refractivity (Wildman–Crippen MR) is 71.7 cm³/mol. The van der Waals surface area contributed by atoms with Crippen molar-refractivity contribution in [3.63, 3.8) is 0 Å². The Morgan fingerprint density at radius 2 is 2.11 bits per heavy atom. The number of amides is 1. The molecule has 0 aliphatic carbocycles. The number of carbonyl (C=O) groups is 2. The first kappa shape index (κ1) is 14.3. The Morgan fingerprint density at radius 1 is 1.37 bits per heavy atom. The summed E-state index contributed by atoms with van der Waals surface area (Å²) in [5.74, 6) is -0.594. The summed E-state index contributed by atoms with van der Waals surface area (Å²) in [6.07, 6.45) is 3.21.